The number of hydrogen-bond acceptors (Lipinski definition) is 3. The van der Waals surface area contributed by atoms with Gasteiger partial charge in [-0.25, -0.2) is 0 Å². The molecule has 25 heavy (non-hydrogen) atoms. The van der Waals surface area contributed by atoms with Crippen LogP contribution in [0.1, 0.15) is 43.4 Å². The molecule has 1 N–H and O–H groups in total. The molecular formula is C19H19ClN2O3. The van der Waals surface area contributed by atoms with Gasteiger partial charge in [-0.15, -0.1) is 0 Å². The smallest absolute Gasteiger partial charge is 0.269 e. The number of nitro groups is 1. The van der Waals surface area contributed by atoms with E-state index in [1.807, 2.05) is 25.1 Å². The fourth-order valence-corrected chi connectivity index (χ4v) is 3.48. The minimum Gasteiger partial charge on any atom is -0.349 e. The third kappa shape index (κ3) is 3.37. The number of amides is 1. The van der Waals surface area contributed by atoms with Crippen LogP contribution in [0.15, 0.2) is 48.5 Å². The Morgan fingerprint density at radius 3 is 2.56 bits per heavy atom. The van der Waals surface area contributed by atoms with Gasteiger partial charge in [-0.3, -0.25) is 14.9 Å². The van der Waals surface area contributed by atoms with Crippen molar-refractivity contribution in [2.45, 2.75) is 37.6 Å². The highest BCUT2D eigenvalue weighted by Crippen LogP contribution is 2.45. The van der Waals surface area contributed by atoms with Crippen molar-refractivity contribution < 1.29 is 9.72 Å². The van der Waals surface area contributed by atoms with Crippen LogP contribution in [0, 0.1) is 10.1 Å². The lowest BCUT2D eigenvalue weighted by molar-refractivity contribution is -0.384. The summed E-state index contributed by atoms with van der Waals surface area (Å²) in [7, 11) is 0. The third-order valence-electron chi connectivity index (χ3n) is 4.95. The quantitative estimate of drug-likeness (QED) is 0.629. The molecule has 1 fully saturated rings. The minimum atomic E-state index is -0.556. The van der Waals surface area contributed by atoms with Gasteiger partial charge >= 0.3 is 0 Å². The van der Waals surface area contributed by atoms with Gasteiger partial charge in [0.15, 0.2) is 0 Å². The van der Waals surface area contributed by atoms with Gasteiger partial charge < -0.3 is 5.32 Å². The summed E-state index contributed by atoms with van der Waals surface area (Å²) >= 11 is 6.09. The van der Waals surface area contributed by atoms with Crippen LogP contribution in [0.4, 0.5) is 5.69 Å². The Morgan fingerprint density at radius 1 is 1.24 bits per heavy atom. The first-order valence-electron chi connectivity index (χ1n) is 8.24. The first-order chi connectivity index (χ1) is 11.9. The van der Waals surface area contributed by atoms with E-state index in [0.29, 0.717) is 10.6 Å². The number of rotatable bonds is 5. The second kappa shape index (κ2) is 6.84. The Balaban J connectivity index is 1.81. The van der Waals surface area contributed by atoms with E-state index in [-0.39, 0.29) is 17.6 Å². The zero-order valence-electron chi connectivity index (χ0n) is 13.9. The largest absolute Gasteiger partial charge is 0.349 e. The molecule has 0 bridgehead atoms. The average molecular weight is 359 g/mol. The van der Waals surface area contributed by atoms with E-state index in [2.05, 4.69) is 5.32 Å². The summed E-state index contributed by atoms with van der Waals surface area (Å²) in [5.74, 6) is -0.0555. The zero-order valence-corrected chi connectivity index (χ0v) is 14.6. The van der Waals surface area contributed by atoms with Gasteiger partial charge in [0.25, 0.3) is 5.69 Å². The zero-order chi connectivity index (χ0) is 18.0. The normalized spacial score (nSPS) is 16.6. The number of nitrogens with zero attached hydrogens (tertiary/aromatic N) is 1. The number of nitro benzene ring substituents is 1. The number of nitrogens with one attached hydrogen (secondary N) is 1. The summed E-state index contributed by atoms with van der Waals surface area (Å²) in [6, 6.07) is 13.5. The fraction of sp³-hybridized carbons (Fsp3) is 0.316. The van der Waals surface area contributed by atoms with Gasteiger partial charge in [-0.05, 0) is 43.0 Å². The molecule has 1 aliphatic rings. The second-order valence-electron chi connectivity index (χ2n) is 6.49. The van der Waals surface area contributed by atoms with Gasteiger partial charge in [0.1, 0.15) is 0 Å². The highest BCUT2D eigenvalue weighted by Gasteiger charge is 2.46. The van der Waals surface area contributed by atoms with Gasteiger partial charge in [-0.2, -0.15) is 0 Å². The molecular weight excluding hydrogens is 340 g/mol. The predicted molar refractivity (Wildman–Crippen MR) is 96.6 cm³/mol. The van der Waals surface area contributed by atoms with Gasteiger partial charge in [-0.1, -0.05) is 42.3 Å². The van der Waals surface area contributed by atoms with Gasteiger partial charge in [0, 0.05) is 17.2 Å². The van der Waals surface area contributed by atoms with Crippen LogP contribution in [0.5, 0.6) is 0 Å². The maximum Gasteiger partial charge on any atom is 0.269 e. The van der Waals surface area contributed by atoms with E-state index in [4.69, 9.17) is 11.6 Å². The molecule has 0 heterocycles. The number of hydrogen-bond donors (Lipinski definition) is 1. The fourth-order valence-electron chi connectivity index (χ4n) is 3.29. The van der Waals surface area contributed by atoms with E-state index < -0.39 is 10.3 Å². The van der Waals surface area contributed by atoms with Crippen LogP contribution in [0.25, 0.3) is 0 Å². The topological polar surface area (TPSA) is 72.2 Å². The SMILES string of the molecule is CC(NC(=O)C1(c2cccc(Cl)c2)CCC1)c1cccc([N+](=O)[O-])c1. The standard InChI is InChI=1S/C19H19ClN2O3/c1-13(14-5-2-8-17(11-14)22(24)25)21-18(23)19(9-4-10-19)15-6-3-7-16(20)12-15/h2-3,5-8,11-13H,4,9-10H2,1H3,(H,21,23). The second-order valence-corrected chi connectivity index (χ2v) is 6.93. The van der Waals surface area contributed by atoms with E-state index in [0.717, 1.165) is 24.8 Å². The van der Waals surface area contributed by atoms with Crippen molar-refractivity contribution in [3.63, 3.8) is 0 Å². The molecule has 0 aliphatic heterocycles. The van der Waals surface area contributed by atoms with E-state index in [1.165, 1.54) is 12.1 Å². The Bertz CT molecular complexity index is 818. The lowest BCUT2D eigenvalue weighted by atomic mass is 9.63. The highest BCUT2D eigenvalue weighted by atomic mass is 35.5. The maximum atomic E-state index is 13.0. The lowest BCUT2D eigenvalue weighted by Gasteiger charge is -2.41. The first kappa shape index (κ1) is 17.4. The van der Waals surface area contributed by atoms with Crippen LogP contribution >= 0.6 is 11.6 Å². The summed E-state index contributed by atoms with van der Waals surface area (Å²) < 4.78 is 0. The predicted octanol–water partition coefficient (Wildman–Crippen LogP) is 4.55. The summed E-state index contributed by atoms with van der Waals surface area (Å²) in [5, 5.41) is 14.6. The Kier molecular flexibility index (Phi) is 4.77. The summed E-state index contributed by atoms with van der Waals surface area (Å²) in [4.78, 5) is 23.5. The number of carbonyl (C=O) groups excluding carboxylic acids is 1. The molecule has 1 aliphatic carbocycles. The summed E-state index contributed by atoms with van der Waals surface area (Å²) in [6.07, 6.45) is 2.55. The van der Waals surface area contributed by atoms with Crippen molar-refractivity contribution in [2.24, 2.45) is 0 Å². The van der Waals surface area contributed by atoms with Crippen molar-refractivity contribution in [1.29, 1.82) is 0 Å². The molecule has 5 nitrogen and oxygen atoms in total. The third-order valence-corrected chi connectivity index (χ3v) is 5.18. The highest BCUT2D eigenvalue weighted by molar-refractivity contribution is 6.30. The van der Waals surface area contributed by atoms with Crippen LogP contribution in [-0.2, 0) is 10.2 Å². The molecule has 1 atom stereocenters. The maximum absolute atomic E-state index is 13.0. The molecule has 2 aromatic carbocycles. The molecule has 1 amide bonds. The summed E-state index contributed by atoms with van der Waals surface area (Å²) in [6.45, 7) is 1.83. The number of benzene rings is 2. The molecule has 0 aromatic heterocycles. The van der Waals surface area contributed by atoms with Gasteiger partial charge in [0.05, 0.1) is 16.4 Å². The molecule has 130 valence electrons. The number of carbonyl (C=O) groups is 1. The van der Waals surface area contributed by atoms with Crippen molar-refractivity contribution in [1.82, 2.24) is 5.32 Å². The molecule has 1 saturated carbocycles. The molecule has 1 unspecified atom stereocenters. The molecule has 0 spiro atoms. The van der Waals surface area contributed by atoms with Crippen molar-refractivity contribution in [3.8, 4) is 0 Å². The number of non-ortho nitro benzene ring substituents is 1. The molecule has 6 heteroatoms. The van der Waals surface area contributed by atoms with E-state index in [9.17, 15) is 14.9 Å². The Morgan fingerprint density at radius 2 is 1.96 bits per heavy atom. The van der Waals surface area contributed by atoms with Crippen LogP contribution in [0.2, 0.25) is 5.02 Å². The molecule has 2 aromatic rings. The lowest BCUT2D eigenvalue weighted by Crippen LogP contribution is -2.49. The molecule has 3 rings (SSSR count). The van der Waals surface area contributed by atoms with Crippen molar-refractivity contribution in [2.75, 3.05) is 0 Å². The van der Waals surface area contributed by atoms with E-state index in [1.54, 1.807) is 18.2 Å². The van der Waals surface area contributed by atoms with Crippen LogP contribution in [0.3, 0.4) is 0 Å². The number of halogens is 1. The van der Waals surface area contributed by atoms with Crippen molar-refractivity contribution in [3.05, 3.63) is 74.8 Å². The van der Waals surface area contributed by atoms with Crippen LogP contribution in [-0.4, -0.2) is 10.8 Å². The molecule has 0 radical (unpaired) electrons. The minimum absolute atomic E-state index is 0.0202. The Hall–Kier alpha value is -2.40. The summed E-state index contributed by atoms with van der Waals surface area (Å²) in [5.41, 5.74) is 1.10. The molecule has 0 saturated heterocycles. The average Bonchev–Trinajstić information content (AvgIpc) is 2.54. The Labute approximate surface area is 151 Å². The van der Waals surface area contributed by atoms with E-state index >= 15 is 0 Å². The monoisotopic (exact) mass is 358 g/mol. The van der Waals surface area contributed by atoms with Gasteiger partial charge in [0.2, 0.25) is 5.91 Å². The first-order valence-corrected chi connectivity index (χ1v) is 8.61. The van der Waals surface area contributed by atoms with Crippen molar-refractivity contribution >= 4 is 23.2 Å². The van der Waals surface area contributed by atoms with Crippen LogP contribution < -0.4 is 5.32 Å².